The van der Waals surface area contributed by atoms with Crippen LogP contribution in [0, 0.1) is 6.92 Å². The molecule has 2 aromatic rings. The van der Waals surface area contributed by atoms with Gasteiger partial charge in [0.25, 0.3) is 20.1 Å². The number of hydrogen-bond donors (Lipinski definition) is 1. The minimum absolute atomic E-state index is 0.00859. The van der Waals surface area contributed by atoms with E-state index in [0.717, 1.165) is 35.0 Å². The third-order valence-corrected chi connectivity index (χ3v) is 6.71. The molecule has 23 heavy (non-hydrogen) atoms. The fourth-order valence-electron chi connectivity index (χ4n) is 2.61. The van der Waals surface area contributed by atoms with Crippen molar-refractivity contribution in [3.63, 3.8) is 0 Å². The van der Waals surface area contributed by atoms with Gasteiger partial charge >= 0.3 is 0 Å². The van der Waals surface area contributed by atoms with Crippen molar-refractivity contribution in [3.8, 4) is 0 Å². The van der Waals surface area contributed by atoms with E-state index in [0.29, 0.717) is 5.69 Å². The standard InChI is InChI=1S/C15H17NO5S2/c1-11-5-7-13(8-6-11)22(17,18)16-10-14(23(19,20)21)9-15(16)12-3-2-4-12/h5-10,12H,2-4H2,1H3,(H,19,20,21). The van der Waals surface area contributed by atoms with Gasteiger partial charge in [-0.3, -0.25) is 4.55 Å². The Labute approximate surface area is 135 Å². The van der Waals surface area contributed by atoms with Crippen LogP contribution < -0.4 is 0 Å². The Morgan fingerprint density at radius 1 is 1.04 bits per heavy atom. The lowest BCUT2D eigenvalue weighted by atomic mass is 9.83. The van der Waals surface area contributed by atoms with E-state index in [1.165, 1.54) is 18.2 Å². The fourth-order valence-corrected chi connectivity index (χ4v) is 4.63. The molecule has 1 fully saturated rings. The van der Waals surface area contributed by atoms with Crippen molar-refractivity contribution >= 4 is 20.1 Å². The Hall–Kier alpha value is -1.64. The minimum atomic E-state index is -4.46. The van der Waals surface area contributed by atoms with Gasteiger partial charge in [-0.05, 0) is 38.0 Å². The summed E-state index contributed by atoms with van der Waals surface area (Å²) >= 11 is 0. The first-order chi connectivity index (χ1) is 10.7. The molecule has 6 nitrogen and oxygen atoms in total. The average Bonchev–Trinajstić information content (AvgIpc) is 2.82. The molecule has 124 valence electrons. The Morgan fingerprint density at radius 2 is 1.65 bits per heavy atom. The minimum Gasteiger partial charge on any atom is -0.282 e. The number of aryl methyl sites for hydroxylation is 1. The molecule has 0 bridgehead atoms. The molecular weight excluding hydrogens is 338 g/mol. The molecule has 1 aliphatic rings. The molecule has 1 aromatic carbocycles. The van der Waals surface area contributed by atoms with Gasteiger partial charge in [0.2, 0.25) is 0 Å². The van der Waals surface area contributed by atoms with E-state index in [4.69, 9.17) is 0 Å². The summed E-state index contributed by atoms with van der Waals surface area (Å²) in [5, 5.41) is 0. The fraction of sp³-hybridized carbons (Fsp3) is 0.333. The van der Waals surface area contributed by atoms with Crippen molar-refractivity contribution in [2.24, 2.45) is 0 Å². The van der Waals surface area contributed by atoms with Gasteiger partial charge in [0, 0.05) is 17.8 Å². The van der Waals surface area contributed by atoms with Crippen LogP contribution >= 0.6 is 0 Å². The Bertz CT molecular complexity index is 936. The highest BCUT2D eigenvalue weighted by Crippen LogP contribution is 2.39. The van der Waals surface area contributed by atoms with E-state index < -0.39 is 25.0 Å². The second-order valence-electron chi connectivity index (χ2n) is 5.82. The zero-order valence-corrected chi connectivity index (χ0v) is 14.1. The quantitative estimate of drug-likeness (QED) is 0.851. The third-order valence-electron chi connectivity index (χ3n) is 4.19. The normalized spacial score (nSPS) is 16.3. The summed E-state index contributed by atoms with van der Waals surface area (Å²) in [5.74, 6) is -0.00859. The van der Waals surface area contributed by atoms with Gasteiger partial charge in [0.1, 0.15) is 4.90 Å². The van der Waals surface area contributed by atoms with Gasteiger partial charge in [0.05, 0.1) is 4.90 Å². The first-order valence-electron chi connectivity index (χ1n) is 7.21. The van der Waals surface area contributed by atoms with Gasteiger partial charge in [0.15, 0.2) is 0 Å². The van der Waals surface area contributed by atoms with Crippen LogP contribution in [-0.2, 0) is 20.1 Å². The maximum absolute atomic E-state index is 12.8. The number of rotatable bonds is 4. The summed E-state index contributed by atoms with van der Waals surface area (Å²) in [6.45, 7) is 1.85. The highest BCUT2D eigenvalue weighted by Gasteiger charge is 2.30. The highest BCUT2D eigenvalue weighted by atomic mass is 32.2. The summed E-state index contributed by atoms with van der Waals surface area (Å²) in [7, 11) is -8.36. The zero-order valence-electron chi connectivity index (χ0n) is 12.5. The van der Waals surface area contributed by atoms with Crippen LogP contribution in [-0.4, -0.2) is 25.4 Å². The molecule has 0 unspecified atom stereocenters. The molecule has 0 atom stereocenters. The summed E-state index contributed by atoms with van der Waals surface area (Å²) in [6, 6.07) is 7.60. The monoisotopic (exact) mass is 355 g/mol. The van der Waals surface area contributed by atoms with Gasteiger partial charge in [-0.25, -0.2) is 12.4 Å². The molecule has 0 saturated heterocycles. The van der Waals surface area contributed by atoms with Crippen molar-refractivity contribution in [2.45, 2.75) is 41.9 Å². The van der Waals surface area contributed by atoms with Gasteiger partial charge in [-0.15, -0.1) is 0 Å². The molecule has 1 aliphatic carbocycles. The largest absolute Gasteiger partial charge is 0.296 e. The maximum Gasteiger partial charge on any atom is 0.296 e. The predicted octanol–water partition coefficient (Wildman–Crippen LogP) is 2.55. The van der Waals surface area contributed by atoms with E-state index >= 15 is 0 Å². The van der Waals surface area contributed by atoms with Crippen LogP contribution in [0.1, 0.15) is 36.4 Å². The molecule has 0 amide bonds. The van der Waals surface area contributed by atoms with E-state index in [1.807, 2.05) is 6.92 Å². The number of benzene rings is 1. The molecule has 1 aromatic heterocycles. The summed E-state index contributed by atoms with van der Waals surface area (Å²) < 4.78 is 58.7. The molecule has 8 heteroatoms. The summed E-state index contributed by atoms with van der Waals surface area (Å²) in [4.78, 5) is -0.309. The zero-order chi connectivity index (χ0) is 16.8. The average molecular weight is 355 g/mol. The first-order valence-corrected chi connectivity index (χ1v) is 10.1. The van der Waals surface area contributed by atoms with Crippen molar-refractivity contribution in [1.82, 2.24) is 3.97 Å². The Balaban J connectivity index is 2.17. The predicted molar refractivity (Wildman–Crippen MR) is 84.6 cm³/mol. The van der Waals surface area contributed by atoms with Crippen LogP contribution in [0.15, 0.2) is 46.3 Å². The smallest absolute Gasteiger partial charge is 0.282 e. The van der Waals surface area contributed by atoms with Gasteiger partial charge in [-0.1, -0.05) is 24.1 Å². The van der Waals surface area contributed by atoms with E-state index in [1.54, 1.807) is 12.1 Å². The molecular formula is C15H17NO5S2. The van der Waals surface area contributed by atoms with Crippen LogP contribution in [0.4, 0.5) is 0 Å². The van der Waals surface area contributed by atoms with Crippen LogP contribution in [0.2, 0.25) is 0 Å². The lowest BCUT2D eigenvalue weighted by Gasteiger charge is -2.26. The lowest BCUT2D eigenvalue weighted by Crippen LogP contribution is -2.20. The number of aromatic nitrogens is 1. The van der Waals surface area contributed by atoms with Crippen molar-refractivity contribution in [2.75, 3.05) is 0 Å². The van der Waals surface area contributed by atoms with Crippen LogP contribution in [0.3, 0.4) is 0 Å². The Morgan fingerprint density at radius 3 is 2.13 bits per heavy atom. The van der Waals surface area contributed by atoms with Crippen molar-refractivity contribution in [3.05, 3.63) is 47.8 Å². The van der Waals surface area contributed by atoms with Gasteiger partial charge < -0.3 is 0 Å². The highest BCUT2D eigenvalue weighted by molar-refractivity contribution is 7.90. The van der Waals surface area contributed by atoms with E-state index in [-0.39, 0.29) is 10.8 Å². The maximum atomic E-state index is 12.8. The second-order valence-corrected chi connectivity index (χ2v) is 9.05. The third kappa shape index (κ3) is 2.93. The Kier molecular flexibility index (Phi) is 3.86. The molecule has 0 radical (unpaired) electrons. The van der Waals surface area contributed by atoms with Crippen LogP contribution in [0.5, 0.6) is 0 Å². The molecule has 1 N–H and O–H groups in total. The molecule has 3 rings (SSSR count). The SMILES string of the molecule is Cc1ccc(S(=O)(=O)n2cc(S(=O)(=O)O)cc2C2CCC2)cc1. The molecule has 1 saturated carbocycles. The van der Waals surface area contributed by atoms with Crippen LogP contribution in [0.25, 0.3) is 0 Å². The summed E-state index contributed by atoms with van der Waals surface area (Å²) in [5.41, 5.74) is 1.33. The van der Waals surface area contributed by atoms with Crippen molar-refractivity contribution < 1.29 is 21.4 Å². The number of nitrogens with zero attached hydrogens (tertiary/aromatic N) is 1. The number of hydrogen-bond acceptors (Lipinski definition) is 4. The van der Waals surface area contributed by atoms with E-state index in [9.17, 15) is 21.4 Å². The molecule has 0 spiro atoms. The van der Waals surface area contributed by atoms with Crippen molar-refractivity contribution in [1.29, 1.82) is 0 Å². The topological polar surface area (TPSA) is 93.4 Å². The molecule has 0 aliphatic heterocycles. The first kappa shape index (κ1) is 16.2. The summed E-state index contributed by atoms with van der Waals surface area (Å²) in [6.07, 6.45) is 3.57. The van der Waals surface area contributed by atoms with Gasteiger partial charge in [-0.2, -0.15) is 8.42 Å². The lowest BCUT2D eigenvalue weighted by molar-refractivity contribution is 0.408. The molecule has 1 heterocycles. The van der Waals surface area contributed by atoms with E-state index in [2.05, 4.69) is 0 Å². The second kappa shape index (κ2) is 5.47.